The monoisotopic (exact) mass is 374 g/mol. The molecule has 0 bridgehead atoms. The van der Waals surface area contributed by atoms with Crippen molar-refractivity contribution >= 4 is 10.9 Å². The number of nitrogens with zero attached hydrogens (tertiary/aromatic N) is 2. The Morgan fingerprint density at radius 1 is 0.929 bits per heavy atom. The molecule has 0 atom stereocenters. The summed E-state index contributed by atoms with van der Waals surface area (Å²) in [6.07, 6.45) is 0. The second-order valence-corrected chi connectivity index (χ2v) is 6.84. The van der Waals surface area contributed by atoms with Crippen molar-refractivity contribution in [3.8, 4) is 5.69 Å². The third-order valence-corrected chi connectivity index (χ3v) is 4.76. The first-order chi connectivity index (χ1) is 13.6. The second-order valence-electron chi connectivity index (χ2n) is 6.84. The number of aryl methyl sites for hydroxylation is 1. The van der Waals surface area contributed by atoms with Gasteiger partial charge in [-0.15, -0.1) is 0 Å². The Bertz CT molecular complexity index is 1170. The molecule has 0 aliphatic rings. The van der Waals surface area contributed by atoms with Crippen molar-refractivity contribution in [1.29, 1.82) is 0 Å². The zero-order valence-corrected chi connectivity index (χ0v) is 15.6. The summed E-state index contributed by atoms with van der Waals surface area (Å²) in [4.78, 5) is 17.9. The normalized spacial score (nSPS) is 11.1. The molecule has 0 saturated heterocycles. The van der Waals surface area contributed by atoms with Gasteiger partial charge in [-0.3, -0.25) is 9.36 Å². The van der Waals surface area contributed by atoms with E-state index in [1.807, 2.05) is 49.4 Å². The number of fused-ring (bicyclic) bond motifs is 1. The first-order valence-corrected chi connectivity index (χ1v) is 9.25. The third-order valence-electron chi connectivity index (χ3n) is 4.76. The van der Waals surface area contributed by atoms with Crippen LogP contribution in [0.15, 0.2) is 77.6 Å². The molecule has 0 unspecified atom stereocenters. The molecule has 0 saturated carbocycles. The Morgan fingerprint density at radius 2 is 1.64 bits per heavy atom. The second kappa shape index (κ2) is 7.74. The van der Waals surface area contributed by atoms with Gasteiger partial charge >= 0.3 is 0 Å². The van der Waals surface area contributed by atoms with Crippen molar-refractivity contribution in [2.75, 3.05) is 0 Å². The highest BCUT2D eigenvalue weighted by molar-refractivity contribution is 5.77. The number of hydrogen-bond donors (Lipinski definition) is 1. The van der Waals surface area contributed by atoms with Gasteiger partial charge in [-0.2, -0.15) is 0 Å². The number of quaternary nitrogens is 1. The molecule has 4 rings (SSSR count). The number of hydrogen-bond acceptors (Lipinski definition) is 2. The van der Waals surface area contributed by atoms with E-state index in [2.05, 4.69) is 5.32 Å². The molecule has 0 spiro atoms. The summed E-state index contributed by atoms with van der Waals surface area (Å²) >= 11 is 0. The van der Waals surface area contributed by atoms with E-state index < -0.39 is 0 Å². The quantitative estimate of drug-likeness (QED) is 0.584. The van der Waals surface area contributed by atoms with Crippen molar-refractivity contribution in [2.45, 2.75) is 20.0 Å². The van der Waals surface area contributed by atoms with Crippen LogP contribution in [0.4, 0.5) is 4.39 Å². The molecule has 0 radical (unpaired) electrons. The largest absolute Gasteiger partial charge is 0.336 e. The van der Waals surface area contributed by atoms with Gasteiger partial charge in [0.1, 0.15) is 18.9 Å². The Kier molecular flexibility index (Phi) is 5.00. The zero-order valence-electron chi connectivity index (χ0n) is 15.6. The van der Waals surface area contributed by atoms with Crippen LogP contribution in [0, 0.1) is 12.7 Å². The molecule has 28 heavy (non-hydrogen) atoms. The molecule has 4 nitrogen and oxygen atoms in total. The summed E-state index contributed by atoms with van der Waals surface area (Å²) in [7, 11) is 0. The van der Waals surface area contributed by atoms with E-state index in [1.54, 1.807) is 22.8 Å². The summed E-state index contributed by atoms with van der Waals surface area (Å²) in [6, 6.07) is 21.7. The van der Waals surface area contributed by atoms with Crippen LogP contribution < -0.4 is 10.9 Å². The predicted molar refractivity (Wildman–Crippen MR) is 108 cm³/mol. The van der Waals surface area contributed by atoms with Crippen LogP contribution in [0.3, 0.4) is 0 Å². The summed E-state index contributed by atoms with van der Waals surface area (Å²) < 4.78 is 14.8. The molecule has 1 aromatic heterocycles. The summed E-state index contributed by atoms with van der Waals surface area (Å²) in [5.41, 5.74) is 3.58. The van der Waals surface area contributed by atoms with E-state index in [1.165, 1.54) is 12.1 Å². The van der Waals surface area contributed by atoms with E-state index in [4.69, 9.17) is 4.98 Å². The van der Waals surface area contributed by atoms with Gasteiger partial charge in [-0.05, 0) is 43.3 Å². The van der Waals surface area contributed by atoms with E-state index in [0.29, 0.717) is 29.8 Å². The molecule has 0 aliphatic carbocycles. The topological polar surface area (TPSA) is 51.5 Å². The summed E-state index contributed by atoms with van der Waals surface area (Å²) in [5.74, 6) is 0.447. The number of halogens is 1. The van der Waals surface area contributed by atoms with Gasteiger partial charge in [0.05, 0.1) is 16.6 Å². The molecular weight excluding hydrogens is 353 g/mol. The zero-order chi connectivity index (χ0) is 19.5. The summed E-state index contributed by atoms with van der Waals surface area (Å²) in [5, 5.41) is 2.67. The Labute approximate surface area is 162 Å². The number of nitrogens with two attached hydrogens (primary N) is 1. The maximum Gasteiger partial charge on any atom is 0.266 e. The molecule has 0 aliphatic heterocycles. The maximum atomic E-state index is 13.2. The SMILES string of the molecule is Cc1ccc(-n2c(C[NH2+]Cc3ccc(F)cc3)nc3ccccc3c2=O)cc1. The molecule has 4 aromatic rings. The number of para-hydroxylation sites is 1. The van der Waals surface area contributed by atoms with Crippen molar-refractivity contribution in [1.82, 2.24) is 9.55 Å². The fourth-order valence-corrected chi connectivity index (χ4v) is 3.26. The van der Waals surface area contributed by atoms with Crippen molar-refractivity contribution in [2.24, 2.45) is 0 Å². The van der Waals surface area contributed by atoms with Crippen molar-refractivity contribution < 1.29 is 9.71 Å². The molecule has 140 valence electrons. The third kappa shape index (κ3) is 3.70. The fraction of sp³-hybridized carbons (Fsp3) is 0.130. The molecule has 0 amide bonds. The molecular formula is C23H21FN3O+. The highest BCUT2D eigenvalue weighted by atomic mass is 19.1. The first-order valence-electron chi connectivity index (χ1n) is 9.25. The lowest BCUT2D eigenvalue weighted by molar-refractivity contribution is -0.687. The number of benzene rings is 3. The minimum Gasteiger partial charge on any atom is -0.336 e. The highest BCUT2D eigenvalue weighted by Gasteiger charge is 2.14. The standard InChI is InChI=1S/C23H20FN3O/c1-16-6-12-19(13-7-16)27-22(15-25-14-17-8-10-18(24)11-9-17)26-21-5-3-2-4-20(21)23(27)28/h2-13,25H,14-15H2,1H3/p+1. The van der Waals surface area contributed by atoms with Crippen LogP contribution in [-0.4, -0.2) is 9.55 Å². The average Bonchev–Trinajstić information content (AvgIpc) is 2.71. The number of aromatic nitrogens is 2. The van der Waals surface area contributed by atoms with E-state index in [0.717, 1.165) is 16.8 Å². The lowest BCUT2D eigenvalue weighted by Gasteiger charge is -2.13. The van der Waals surface area contributed by atoms with Gasteiger partial charge in [-0.25, -0.2) is 9.37 Å². The Morgan fingerprint density at radius 3 is 2.39 bits per heavy atom. The average molecular weight is 374 g/mol. The van der Waals surface area contributed by atoms with Crippen LogP contribution in [0.1, 0.15) is 17.0 Å². The van der Waals surface area contributed by atoms with Gasteiger partial charge in [0.2, 0.25) is 0 Å². The van der Waals surface area contributed by atoms with Gasteiger partial charge in [0.15, 0.2) is 5.82 Å². The van der Waals surface area contributed by atoms with Gasteiger partial charge < -0.3 is 5.32 Å². The van der Waals surface area contributed by atoms with Gasteiger partial charge in [0.25, 0.3) is 5.56 Å². The van der Waals surface area contributed by atoms with Crippen LogP contribution >= 0.6 is 0 Å². The lowest BCUT2D eigenvalue weighted by atomic mass is 10.2. The maximum absolute atomic E-state index is 13.2. The predicted octanol–water partition coefficient (Wildman–Crippen LogP) is 3.10. The first kappa shape index (κ1) is 18.1. The smallest absolute Gasteiger partial charge is 0.266 e. The lowest BCUT2D eigenvalue weighted by Crippen LogP contribution is -2.81. The van der Waals surface area contributed by atoms with Gasteiger partial charge in [-0.1, -0.05) is 42.0 Å². The van der Waals surface area contributed by atoms with Crippen molar-refractivity contribution in [3.63, 3.8) is 0 Å². The highest BCUT2D eigenvalue weighted by Crippen LogP contribution is 2.13. The van der Waals surface area contributed by atoms with Crippen LogP contribution in [0.25, 0.3) is 16.6 Å². The molecule has 0 fully saturated rings. The molecule has 5 heteroatoms. The number of rotatable bonds is 5. The molecule has 2 N–H and O–H groups in total. The fourth-order valence-electron chi connectivity index (χ4n) is 3.26. The van der Waals surface area contributed by atoms with E-state index in [-0.39, 0.29) is 11.4 Å². The minimum atomic E-state index is -0.242. The Hall–Kier alpha value is -3.31. The van der Waals surface area contributed by atoms with Crippen LogP contribution in [0.2, 0.25) is 0 Å². The van der Waals surface area contributed by atoms with E-state index >= 15 is 0 Å². The van der Waals surface area contributed by atoms with Crippen molar-refractivity contribution in [3.05, 3.63) is 106 Å². The molecule has 3 aromatic carbocycles. The molecule has 1 heterocycles. The van der Waals surface area contributed by atoms with E-state index in [9.17, 15) is 9.18 Å². The Balaban J connectivity index is 1.71. The minimum absolute atomic E-state index is 0.0698. The van der Waals surface area contributed by atoms with Crippen LogP contribution in [-0.2, 0) is 13.1 Å². The summed E-state index contributed by atoms with van der Waals surface area (Å²) in [6.45, 7) is 3.23. The van der Waals surface area contributed by atoms with Crippen LogP contribution in [0.5, 0.6) is 0 Å². The van der Waals surface area contributed by atoms with Gasteiger partial charge in [0, 0.05) is 5.56 Å².